The summed E-state index contributed by atoms with van der Waals surface area (Å²) >= 11 is 0. The summed E-state index contributed by atoms with van der Waals surface area (Å²) in [4.78, 5) is 19.0. The number of rotatable bonds is 3. The van der Waals surface area contributed by atoms with Gasteiger partial charge in [-0.3, -0.25) is 13.9 Å². The molecule has 0 radical (unpaired) electrons. The van der Waals surface area contributed by atoms with Crippen molar-refractivity contribution < 1.29 is 4.79 Å². The zero-order chi connectivity index (χ0) is 17.4. The van der Waals surface area contributed by atoms with E-state index in [4.69, 9.17) is 0 Å². The first-order valence-corrected chi connectivity index (χ1v) is 8.33. The van der Waals surface area contributed by atoms with Crippen LogP contribution >= 0.6 is 0 Å². The quantitative estimate of drug-likeness (QED) is 0.749. The molecule has 1 aliphatic rings. The van der Waals surface area contributed by atoms with Gasteiger partial charge in [0.2, 0.25) is 5.65 Å². The molecular formula is C16H20N8O. The lowest BCUT2D eigenvalue weighted by Gasteiger charge is -2.33. The molecule has 0 bridgehead atoms. The Bertz CT molecular complexity index is 906. The average molecular weight is 340 g/mol. The summed E-state index contributed by atoms with van der Waals surface area (Å²) in [5.41, 5.74) is 1.35. The Morgan fingerprint density at radius 2 is 2.04 bits per heavy atom. The average Bonchev–Trinajstić information content (AvgIpc) is 3.22. The molecule has 3 aromatic heterocycles. The van der Waals surface area contributed by atoms with Crippen LogP contribution in [0.4, 0.5) is 5.82 Å². The first kappa shape index (κ1) is 15.6. The summed E-state index contributed by atoms with van der Waals surface area (Å²) in [5, 5.41) is 15.5. The third kappa shape index (κ3) is 2.81. The van der Waals surface area contributed by atoms with Gasteiger partial charge in [-0.15, -0.1) is 10.2 Å². The Hall–Kier alpha value is -2.97. The van der Waals surface area contributed by atoms with E-state index in [1.165, 1.54) is 0 Å². The van der Waals surface area contributed by atoms with Gasteiger partial charge in [0.15, 0.2) is 5.82 Å². The number of piperidine rings is 1. The van der Waals surface area contributed by atoms with Gasteiger partial charge in [0.05, 0.1) is 0 Å². The topological polar surface area (TPSA) is 93.2 Å². The summed E-state index contributed by atoms with van der Waals surface area (Å²) in [6.07, 6.45) is 6.99. The first-order valence-electron chi connectivity index (χ1n) is 8.33. The van der Waals surface area contributed by atoms with Gasteiger partial charge in [0, 0.05) is 44.8 Å². The van der Waals surface area contributed by atoms with E-state index in [-0.39, 0.29) is 11.9 Å². The summed E-state index contributed by atoms with van der Waals surface area (Å²) in [7, 11) is 1.77. The number of nitrogens with zero attached hydrogens (tertiary/aromatic N) is 7. The molecule has 25 heavy (non-hydrogen) atoms. The van der Waals surface area contributed by atoms with Gasteiger partial charge in [-0.25, -0.2) is 4.98 Å². The second kappa shape index (κ2) is 6.15. The number of hydrogen-bond donors (Lipinski definition) is 1. The van der Waals surface area contributed by atoms with Crippen molar-refractivity contribution in [3.05, 3.63) is 36.2 Å². The number of carbonyl (C=O) groups is 1. The van der Waals surface area contributed by atoms with Gasteiger partial charge in [0.1, 0.15) is 11.5 Å². The van der Waals surface area contributed by atoms with Crippen LogP contribution in [0.25, 0.3) is 5.65 Å². The van der Waals surface area contributed by atoms with Crippen molar-refractivity contribution in [1.82, 2.24) is 34.7 Å². The van der Waals surface area contributed by atoms with E-state index in [0.717, 1.165) is 43.2 Å². The number of amides is 1. The lowest BCUT2D eigenvalue weighted by atomic mass is 10.0. The van der Waals surface area contributed by atoms with Gasteiger partial charge in [0.25, 0.3) is 5.91 Å². The zero-order valence-electron chi connectivity index (χ0n) is 14.3. The SMILES string of the molecule is Cc1nnc2c(N3CCC(NC(=O)c4ccnn4C)CC3)nccn12. The highest BCUT2D eigenvalue weighted by Gasteiger charge is 2.24. The largest absolute Gasteiger partial charge is 0.353 e. The number of anilines is 1. The second-order valence-corrected chi connectivity index (χ2v) is 6.27. The van der Waals surface area contributed by atoms with E-state index < -0.39 is 0 Å². The Morgan fingerprint density at radius 3 is 2.76 bits per heavy atom. The molecule has 1 aliphatic heterocycles. The molecule has 0 unspecified atom stereocenters. The lowest BCUT2D eigenvalue weighted by molar-refractivity contribution is 0.0921. The van der Waals surface area contributed by atoms with Crippen molar-refractivity contribution >= 4 is 17.4 Å². The van der Waals surface area contributed by atoms with Crippen LogP contribution in [0.2, 0.25) is 0 Å². The minimum atomic E-state index is -0.0771. The summed E-state index contributed by atoms with van der Waals surface area (Å²) < 4.78 is 3.53. The monoisotopic (exact) mass is 340 g/mol. The van der Waals surface area contributed by atoms with E-state index >= 15 is 0 Å². The summed E-state index contributed by atoms with van der Waals surface area (Å²) in [5.74, 6) is 1.61. The van der Waals surface area contributed by atoms with Crippen LogP contribution < -0.4 is 10.2 Å². The van der Waals surface area contributed by atoms with Crippen LogP contribution in [0.1, 0.15) is 29.2 Å². The Morgan fingerprint density at radius 1 is 1.24 bits per heavy atom. The van der Waals surface area contributed by atoms with Crippen molar-refractivity contribution in [2.75, 3.05) is 18.0 Å². The van der Waals surface area contributed by atoms with E-state index in [9.17, 15) is 4.79 Å². The zero-order valence-corrected chi connectivity index (χ0v) is 14.3. The maximum absolute atomic E-state index is 12.3. The minimum Gasteiger partial charge on any atom is -0.353 e. The molecule has 4 heterocycles. The lowest BCUT2D eigenvalue weighted by Crippen LogP contribution is -2.45. The molecule has 0 atom stereocenters. The first-order chi connectivity index (χ1) is 12.1. The fourth-order valence-electron chi connectivity index (χ4n) is 3.24. The van der Waals surface area contributed by atoms with Crippen LogP contribution in [0, 0.1) is 6.92 Å². The smallest absolute Gasteiger partial charge is 0.269 e. The Labute approximate surface area is 144 Å². The highest BCUT2D eigenvalue weighted by Crippen LogP contribution is 2.22. The van der Waals surface area contributed by atoms with E-state index in [1.807, 2.05) is 17.5 Å². The molecule has 1 N–H and O–H groups in total. The van der Waals surface area contributed by atoms with Gasteiger partial charge in [-0.2, -0.15) is 5.10 Å². The van der Waals surface area contributed by atoms with Crippen LogP contribution in [0.15, 0.2) is 24.7 Å². The predicted molar refractivity (Wildman–Crippen MR) is 91.4 cm³/mol. The fourth-order valence-corrected chi connectivity index (χ4v) is 3.24. The molecule has 0 aliphatic carbocycles. The maximum Gasteiger partial charge on any atom is 0.269 e. The number of aromatic nitrogens is 6. The standard InChI is InChI=1S/C16H20N8O/c1-11-20-21-15-14(17-7-10-24(11)15)23-8-4-12(5-9-23)19-16(25)13-3-6-18-22(13)2/h3,6-7,10,12H,4-5,8-9H2,1-2H3,(H,19,25). The van der Waals surface area contributed by atoms with E-state index in [2.05, 4.69) is 30.5 Å². The Kier molecular flexibility index (Phi) is 3.83. The van der Waals surface area contributed by atoms with Gasteiger partial charge in [-0.05, 0) is 25.8 Å². The van der Waals surface area contributed by atoms with Crippen molar-refractivity contribution in [2.24, 2.45) is 7.05 Å². The molecule has 4 rings (SSSR count). The van der Waals surface area contributed by atoms with Crippen molar-refractivity contribution in [3.8, 4) is 0 Å². The number of carbonyl (C=O) groups excluding carboxylic acids is 1. The molecule has 9 nitrogen and oxygen atoms in total. The van der Waals surface area contributed by atoms with E-state index in [0.29, 0.717) is 5.69 Å². The fraction of sp³-hybridized carbons (Fsp3) is 0.438. The van der Waals surface area contributed by atoms with Crippen LogP contribution in [0.3, 0.4) is 0 Å². The normalized spacial score (nSPS) is 15.7. The van der Waals surface area contributed by atoms with Crippen molar-refractivity contribution in [1.29, 1.82) is 0 Å². The molecule has 3 aromatic rings. The third-order valence-corrected chi connectivity index (χ3v) is 4.66. The molecule has 1 saturated heterocycles. The summed E-state index contributed by atoms with van der Waals surface area (Å²) in [6.45, 7) is 3.55. The molecule has 0 spiro atoms. The number of aryl methyl sites for hydroxylation is 2. The number of nitrogens with one attached hydrogen (secondary N) is 1. The summed E-state index contributed by atoms with van der Waals surface area (Å²) in [6, 6.07) is 1.88. The third-order valence-electron chi connectivity index (χ3n) is 4.66. The van der Waals surface area contributed by atoms with Crippen LogP contribution in [0.5, 0.6) is 0 Å². The van der Waals surface area contributed by atoms with Crippen molar-refractivity contribution in [3.63, 3.8) is 0 Å². The van der Waals surface area contributed by atoms with E-state index in [1.54, 1.807) is 30.2 Å². The van der Waals surface area contributed by atoms with Crippen LogP contribution in [-0.4, -0.2) is 54.4 Å². The predicted octanol–water partition coefficient (Wildman–Crippen LogP) is 0.565. The van der Waals surface area contributed by atoms with Gasteiger partial charge >= 0.3 is 0 Å². The number of fused-ring (bicyclic) bond motifs is 1. The highest BCUT2D eigenvalue weighted by molar-refractivity contribution is 5.92. The minimum absolute atomic E-state index is 0.0771. The molecule has 130 valence electrons. The second-order valence-electron chi connectivity index (χ2n) is 6.27. The molecule has 0 aromatic carbocycles. The Balaban J connectivity index is 1.43. The van der Waals surface area contributed by atoms with Gasteiger partial charge < -0.3 is 10.2 Å². The molecule has 1 amide bonds. The van der Waals surface area contributed by atoms with Gasteiger partial charge in [-0.1, -0.05) is 0 Å². The van der Waals surface area contributed by atoms with Crippen LogP contribution in [-0.2, 0) is 7.05 Å². The highest BCUT2D eigenvalue weighted by atomic mass is 16.2. The number of hydrogen-bond acceptors (Lipinski definition) is 6. The molecule has 9 heteroatoms. The molecular weight excluding hydrogens is 320 g/mol. The maximum atomic E-state index is 12.3. The molecule has 1 fully saturated rings. The van der Waals surface area contributed by atoms with Crippen molar-refractivity contribution in [2.45, 2.75) is 25.8 Å². The molecule has 0 saturated carbocycles.